The third kappa shape index (κ3) is 4.37. The Morgan fingerprint density at radius 2 is 1.77 bits per heavy atom. The summed E-state index contributed by atoms with van der Waals surface area (Å²) < 4.78 is 11.7. The molecule has 0 radical (unpaired) electrons. The van der Waals surface area contributed by atoms with Gasteiger partial charge in [-0.05, 0) is 98.5 Å². The summed E-state index contributed by atoms with van der Waals surface area (Å²) in [6.45, 7) is 12.5. The Hall–Kier alpha value is -2.73. The fourth-order valence-corrected chi connectivity index (χ4v) is 6.66. The summed E-state index contributed by atoms with van der Waals surface area (Å²) in [4.78, 5) is 16.8. The number of rotatable bonds is 7. The largest absolute Gasteiger partial charge is 0.530 e. The molecular formula is C29H37N2O4-. The van der Waals surface area contributed by atoms with Crippen molar-refractivity contribution >= 4 is 6.09 Å². The van der Waals surface area contributed by atoms with Crippen LogP contribution in [0.5, 0.6) is 11.5 Å². The average molecular weight is 478 g/mol. The minimum absolute atomic E-state index is 0.0148. The quantitative estimate of drug-likeness (QED) is 0.587. The van der Waals surface area contributed by atoms with Crippen molar-refractivity contribution in [2.75, 3.05) is 32.8 Å². The molecule has 6 heteroatoms. The normalized spacial score (nSPS) is 26.3. The molecule has 2 aromatic rings. The van der Waals surface area contributed by atoms with Crippen LogP contribution in [0.3, 0.4) is 0 Å². The number of fused-ring (bicyclic) bond motifs is 4. The molecule has 1 amide bonds. The van der Waals surface area contributed by atoms with E-state index >= 15 is 0 Å². The topological polar surface area (TPSA) is 65.1 Å². The minimum Gasteiger partial charge on any atom is -0.530 e. The van der Waals surface area contributed by atoms with Crippen LogP contribution >= 0.6 is 0 Å². The Bertz CT molecular complexity index is 1070. The molecule has 3 aliphatic heterocycles. The fourth-order valence-electron chi connectivity index (χ4n) is 6.66. The Balaban J connectivity index is 1.56. The highest BCUT2D eigenvalue weighted by atomic mass is 16.5. The summed E-state index contributed by atoms with van der Waals surface area (Å²) in [5.41, 5.74) is 4.12. The van der Waals surface area contributed by atoms with Crippen LogP contribution in [0, 0.1) is 11.3 Å². The summed E-state index contributed by atoms with van der Waals surface area (Å²) in [6.07, 6.45) is 1.89. The number of carbonyl (C=O) groups is 1. The Morgan fingerprint density at radius 1 is 1.09 bits per heavy atom. The van der Waals surface area contributed by atoms with Gasteiger partial charge in [0.05, 0.1) is 19.3 Å². The van der Waals surface area contributed by atoms with Crippen LogP contribution < -0.4 is 14.6 Å². The molecule has 188 valence electrons. The molecule has 35 heavy (non-hydrogen) atoms. The first-order valence-electron chi connectivity index (χ1n) is 13.1. The van der Waals surface area contributed by atoms with Gasteiger partial charge in [0.1, 0.15) is 17.6 Å². The van der Waals surface area contributed by atoms with Gasteiger partial charge in [0.25, 0.3) is 0 Å². The first kappa shape index (κ1) is 24.0. The molecule has 0 spiro atoms. The van der Waals surface area contributed by atoms with Crippen LogP contribution in [-0.2, 0) is 6.42 Å². The highest BCUT2D eigenvalue weighted by molar-refractivity contribution is 5.74. The van der Waals surface area contributed by atoms with Crippen molar-refractivity contribution in [2.45, 2.75) is 59.0 Å². The molecule has 3 heterocycles. The Morgan fingerprint density at radius 3 is 2.34 bits per heavy atom. The van der Waals surface area contributed by atoms with Gasteiger partial charge in [-0.1, -0.05) is 26.0 Å². The number of amides is 1. The van der Waals surface area contributed by atoms with E-state index in [1.54, 1.807) is 4.90 Å². The lowest BCUT2D eigenvalue weighted by Gasteiger charge is -2.53. The second kappa shape index (κ2) is 9.38. The zero-order valence-corrected chi connectivity index (χ0v) is 21.4. The summed E-state index contributed by atoms with van der Waals surface area (Å²) in [5.74, 6) is 2.05. The monoisotopic (exact) mass is 477 g/mol. The zero-order chi connectivity index (χ0) is 24.7. The van der Waals surface area contributed by atoms with E-state index in [2.05, 4.69) is 43.0 Å². The molecule has 6 nitrogen and oxygen atoms in total. The van der Waals surface area contributed by atoms with Gasteiger partial charge in [0.15, 0.2) is 0 Å². The van der Waals surface area contributed by atoms with Crippen LogP contribution in [0.1, 0.15) is 57.7 Å². The van der Waals surface area contributed by atoms with Crippen molar-refractivity contribution in [3.8, 4) is 22.6 Å². The van der Waals surface area contributed by atoms with Crippen molar-refractivity contribution in [1.29, 1.82) is 0 Å². The first-order valence-corrected chi connectivity index (χ1v) is 13.1. The smallest absolute Gasteiger partial charge is 0.137 e. The van der Waals surface area contributed by atoms with Crippen molar-refractivity contribution in [3.63, 3.8) is 0 Å². The Labute approximate surface area is 208 Å². The standard InChI is InChI=1S/C29H38N2O4/c1-5-34-22-9-7-19(8-10-22)23-15-21-17-29(3,4)27(24(21)16-26(23)35-6-2)31(28(32)33)25-18-30-13-11-20(25)12-14-30/h7-10,15-16,20,25,27H,5-6,11-14,17-18H2,1-4H3,(H,32,33)/p-1/t25-,27+/m1/s1. The van der Waals surface area contributed by atoms with Gasteiger partial charge in [0.2, 0.25) is 0 Å². The van der Waals surface area contributed by atoms with Gasteiger partial charge in [-0.2, -0.15) is 0 Å². The summed E-state index contributed by atoms with van der Waals surface area (Å²) >= 11 is 0. The van der Waals surface area contributed by atoms with Crippen LogP contribution in [-0.4, -0.2) is 54.8 Å². The predicted octanol–water partition coefficient (Wildman–Crippen LogP) is 4.51. The van der Waals surface area contributed by atoms with E-state index in [0.29, 0.717) is 19.1 Å². The van der Waals surface area contributed by atoms with E-state index < -0.39 is 6.09 Å². The van der Waals surface area contributed by atoms with Crippen LogP contribution in [0.15, 0.2) is 36.4 Å². The van der Waals surface area contributed by atoms with Gasteiger partial charge >= 0.3 is 0 Å². The number of ether oxygens (including phenoxy) is 2. The fraction of sp³-hybridized carbons (Fsp3) is 0.552. The molecule has 2 bridgehead atoms. The van der Waals surface area contributed by atoms with Crippen LogP contribution in [0.4, 0.5) is 4.79 Å². The SMILES string of the molecule is CCOc1ccc(-c2cc3c(cc2OCC)[C@H](N(C(=O)[O-])[C@@H]2CN4CCC2CC4)C(C)(C)C3)cc1. The second-order valence-electron chi connectivity index (χ2n) is 10.9. The maximum Gasteiger partial charge on any atom is 0.137 e. The van der Waals surface area contributed by atoms with E-state index in [1.165, 1.54) is 5.56 Å². The third-order valence-electron chi connectivity index (χ3n) is 8.17. The number of benzene rings is 2. The highest BCUT2D eigenvalue weighted by Crippen LogP contribution is 2.53. The second-order valence-corrected chi connectivity index (χ2v) is 10.9. The van der Waals surface area contributed by atoms with Gasteiger partial charge in [-0.25, -0.2) is 0 Å². The van der Waals surface area contributed by atoms with E-state index in [1.807, 2.05) is 26.0 Å². The van der Waals surface area contributed by atoms with Gasteiger partial charge in [-0.15, -0.1) is 0 Å². The predicted molar refractivity (Wildman–Crippen MR) is 135 cm³/mol. The minimum atomic E-state index is -1.05. The summed E-state index contributed by atoms with van der Waals surface area (Å²) in [5, 5.41) is 12.7. The first-order chi connectivity index (χ1) is 16.8. The molecule has 3 saturated heterocycles. The maximum atomic E-state index is 12.7. The molecule has 0 aromatic heterocycles. The van der Waals surface area contributed by atoms with E-state index in [-0.39, 0.29) is 17.5 Å². The van der Waals surface area contributed by atoms with E-state index in [4.69, 9.17) is 9.47 Å². The summed E-state index contributed by atoms with van der Waals surface area (Å²) in [6, 6.07) is 12.1. The van der Waals surface area contributed by atoms with Crippen LogP contribution in [0.25, 0.3) is 11.1 Å². The highest BCUT2D eigenvalue weighted by Gasteiger charge is 2.48. The number of piperidine rings is 3. The molecule has 0 unspecified atom stereocenters. The lowest BCUT2D eigenvalue weighted by molar-refractivity contribution is -0.276. The molecule has 0 saturated carbocycles. The molecular weight excluding hydrogens is 440 g/mol. The van der Waals surface area contributed by atoms with Crippen molar-refractivity contribution in [3.05, 3.63) is 47.5 Å². The van der Waals surface area contributed by atoms with Gasteiger partial charge < -0.3 is 29.2 Å². The number of carboxylic acid groups (broad SMARTS) is 1. The molecule has 3 fully saturated rings. The zero-order valence-electron chi connectivity index (χ0n) is 21.4. The molecule has 0 N–H and O–H groups in total. The number of nitrogens with zero attached hydrogens (tertiary/aromatic N) is 2. The number of hydrogen-bond acceptors (Lipinski definition) is 5. The number of hydrogen-bond donors (Lipinski definition) is 0. The lowest BCUT2D eigenvalue weighted by atomic mass is 9.79. The van der Waals surface area contributed by atoms with E-state index in [9.17, 15) is 9.90 Å². The summed E-state index contributed by atoms with van der Waals surface area (Å²) in [7, 11) is 0. The maximum absolute atomic E-state index is 12.7. The van der Waals surface area contributed by atoms with E-state index in [0.717, 1.165) is 67.1 Å². The Kier molecular flexibility index (Phi) is 6.43. The van der Waals surface area contributed by atoms with Gasteiger partial charge in [0, 0.05) is 18.2 Å². The van der Waals surface area contributed by atoms with Crippen LogP contribution in [0.2, 0.25) is 0 Å². The lowest BCUT2D eigenvalue weighted by Crippen LogP contribution is -2.62. The van der Waals surface area contributed by atoms with Gasteiger partial charge in [-0.3, -0.25) is 0 Å². The van der Waals surface area contributed by atoms with Crippen molar-refractivity contribution in [2.24, 2.45) is 11.3 Å². The van der Waals surface area contributed by atoms with Crippen molar-refractivity contribution in [1.82, 2.24) is 9.80 Å². The molecule has 1 aliphatic carbocycles. The van der Waals surface area contributed by atoms with Crippen molar-refractivity contribution < 1.29 is 19.4 Å². The molecule has 2 atom stereocenters. The molecule has 6 rings (SSSR count). The molecule has 2 aromatic carbocycles. The average Bonchev–Trinajstić information content (AvgIpc) is 3.09. The number of carbonyl (C=O) groups excluding carboxylic acids is 1. The molecule has 4 aliphatic rings. The third-order valence-corrected chi connectivity index (χ3v) is 8.17.